The Morgan fingerprint density at radius 3 is 2.87 bits per heavy atom. The Bertz CT molecular complexity index is 1090. The molecule has 0 fully saturated rings. The van der Waals surface area contributed by atoms with E-state index in [0.717, 1.165) is 17.0 Å². The minimum absolute atomic E-state index is 0.184. The van der Waals surface area contributed by atoms with Crippen molar-refractivity contribution in [3.8, 4) is 0 Å². The van der Waals surface area contributed by atoms with E-state index in [1.807, 2.05) is 12.1 Å². The Labute approximate surface area is 142 Å². The molecule has 0 radical (unpaired) electrons. The second-order valence-corrected chi connectivity index (χ2v) is 6.71. The van der Waals surface area contributed by atoms with Gasteiger partial charge in [-0.25, -0.2) is 0 Å². The van der Waals surface area contributed by atoms with E-state index in [9.17, 15) is 4.79 Å². The summed E-state index contributed by atoms with van der Waals surface area (Å²) >= 11 is 13.3. The summed E-state index contributed by atoms with van der Waals surface area (Å²) in [5.74, 6) is 0. The van der Waals surface area contributed by atoms with E-state index < -0.39 is 0 Å². The lowest BCUT2D eigenvalue weighted by Gasteiger charge is -2.01. The number of halogens is 2. The maximum absolute atomic E-state index is 12.2. The summed E-state index contributed by atoms with van der Waals surface area (Å²) in [4.78, 5) is 17.0. The van der Waals surface area contributed by atoms with Crippen LogP contribution in [0.25, 0.3) is 16.1 Å². The predicted octanol–water partition coefficient (Wildman–Crippen LogP) is 2.51. The summed E-state index contributed by atoms with van der Waals surface area (Å²) in [7, 11) is 0. The van der Waals surface area contributed by atoms with Gasteiger partial charge in [-0.15, -0.1) is 10.2 Å². The van der Waals surface area contributed by atoms with Gasteiger partial charge in [0.25, 0.3) is 0 Å². The van der Waals surface area contributed by atoms with Crippen molar-refractivity contribution in [2.24, 2.45) is 0 Å². The Morgan fingerprint density at radius 1 is 1.17 bits per heavy atom. The van der Waals surface area contributed by atoms with Crippen molar-refractivity contribution in [2.75, 3.05) is 0 Å². The smallest absolute Gasteiger partial charge is 0.265 e. The number of rotatable bonds is 3. The molecular weight excluding hydrogens is 359 g/mol. The zero-order valence-corrected chi connectivity index (χ0v) is 13.8. The van der Waals surface area contributed by atoms with Gasteiger partial charge < -0.3 is 0 Å². The first-order valence-corrected chi connectivity index (χ1v) is 8.22. The Hall–Kier alpha value is -2.03. The number of fused-ring (bicyclic) bond motifs is 2. The minimum atomic E-state index is -0.323. The molecule has 0 aliphatic carbocycles. The normalized spacial score (nSPS) is 11.6. The lowest BCUT2D eigenvalue weighted by atomic mass is 10.1. The molecule has 0 saturated heterocycles. The molecule has 3 aromatic heterocycles. The van der Waals surface area contributed by atoms with Gasteiger partial charge in [-0.1, -0.05) is 40.6 Å². The molecule has 4 rings (SSSR count). The molecule has 1 aromatic carbocycles. The minimum Gasteiger partial charge on any atom is -0.265 e. The standard InChI is InChI=1S/C13H8Cl2N6OS/c14-7-3-1-6(5-8(7)15)2-4-9-19-21-12(22)10-11(18-20-17-10)16-13(21)23-9/h1,3,5H,2,4H2,(H,17,18,20). The van der Waals surface area contributed by atoms with Crippen molar-refractivity contribution in [3.63, 3.8) is 0 Å². The fourth-order valence-corrected chi connectivity index (χ4v) is 3.41. The van der Waals surface area contributed by atoms with Crippen LogP contribution in [0.2, 0.25) is 10.0 Å². The molecule has 1 N–H and O–H groups in total. The number of aryl methyl sites for hydroxylation is 2. The number of aromatic nitrogens is 6. The van der Waals surface area contributed by atoms with Crippen LogP contribution in [0, 0.1) is 0 Å². The molecular formula is C13H8Cl2N6OS. The molecule has 116 valence electrons. The van der Waals surface area contributed by atoms with Gasteiger partial charge in [0.05, 0.1) is 10.0 Å². The van der Waals surface area contributed by atoms with Gasteiger partial charge >= 0.3 is 5.56 Å². The molecule has 0 aliphatic heterocycles. The van der Waals surface area contributed by atoms with E-state index in [4.69, 9.17) is 23.2 Å². The van der Waals surface area contributed by atoms with Crippen LogP contribution in [0.15, 0.2) is 23.0 Å². The van der Waals surface area contributed by atoms with Gasteiger partial charge in [0.15, 0.2) is 5.52 Å². The van der Waals surface area contributed by atoms with Crippen LogP contribution < -0.4 is 5.56 Å². The molecule has 0 unspecified atom stereocenters. The Balaban J connectivity index is 1.65. The predicted molar refractivity (Wildman–Crippen MR) is 88.5 cm³/mol. The van der Waals surface area contributed by atoms with Crippen LogP contribution >= 0.6 is 34.5 Å². The molecule has 7 nitrogen and oxygen atoms in total. The third kappa shape index (κ3) is 2.58. The summed E-state index contributed by atoms with van der Waals surface area (Å²) in [6, 6.07) is 5.52. The average Bonchev–Trinajstić information content (AvgIpc) is 3.15. The highest BCUT2D eigenvalue weighted by atomic mass is 35.5. The first-order chi connectivity index (χ1) is 11.1. The summed E-state index contributed by atoms with van der Waals surface area (Å²) in [5.41, 5.74) is 1.21. The number of aromatic amines is 1. The van der Waals surface area contributed by atoms with E-state index in [0.29, 0.717) is 27.1 Å². The number of hydrogen-bond acceptors (Lipinski definition) is 6. The first kappa shape index (κ1) is 14.6. The molecule has 0 atom stereocenters. The van der Waals surface area contributed by atoms with E-state index in [2.05, 4.69) is 25.5 Å². The van der Waals surface area contributed by atoms with Crippen LogP contribution in [-0.4, -0.2) is 30.0 Å². The van der Waals surface area contributed by atoms with Crippen molar-refractivity contribution >= 4 is 50.7 Å². The molecule has 0 spiro atoms. The van der Waals surface area contributed by atoms with E-state index in [-0.39, 0.29) is 11.1 Å². The van der Waals surface area contributed by atoms with Gasteiger partial charge in [-0.2, -0.15) is 19.8 Å². The van der Waals surface area contributed by atoms with Crippen molar-refractivity contribution in [1.29, 1.82) is 0 Å². The van der Waals surface area contributed by atoms with Gasteiger partial charge in [0.1, 0.15) is 5.01 Å². The van der Waals surface area contributed by atoms with Gasteiger partial charge in [0, 0.05) is 6.42 Å². The highest BCUT2D eigenvalue weighted by molar-refractivity contribution is 7.16. The van der Waals surface area contributed by atoms with Crippen molar-refractivity contribution in [1.82, 2.24) is 30.0 Å². The van der Waals surface area contributed by atoms with Gasteiger partial charge in [0.2, 0.25) is 10.6 Å². The van der Waals surface area contributed by atoms with E-state index in [1.54, 1.807) is 6.07 Å². The Morgan fingerprint density at radius 2 is 2.04 bits per heavy atom. The zero-order valence-electron chi connectivity index (χ0n) is 11.5. The zero-order chi connectivity index (χ0) is 16.0. The highest BCUT2D eigenvalue weighted by Gasteiger charge is 2.13. The second kappa shape index (κ2) is 5.55. The summed E-state index contributed by atoms with van der Waals surface area (Å²) < 4.78 is 1.26. The summed E-state index contributed by atoms with van der Waals surface area (Å²) in [6.07, 6.45) is 1.41. The number of hydrogen-bond donors (Lipinski definition) is 1. The van der Waals surface area contributed by atoms with Crippen molar-refractivity contribution in [3.05, 3.63) is 49.2 Å². The summed E-state index contributed by atoms with van der Waals surface area (Å²) in [6.45, 7) is 0. The fourth-order valence-electron chi connectivity index (χ4n) is 2.21. The molecule has 10 heteroatoms. The van der Waals surface area contributed by atoms with Crippen molar-refractivity contribution < 1.29 is 0 Å². The molecule has 4 aromatic rings. The lowest BCUT2D eigenvalue weighted by molar-refractivity contribution is 0.839. The second-order valence-electron chi connectivity index (χ2n) is 4.85. The molecule has 0 bridgehead atoms. The largest absolute Gasteiger partial charge is 0.305 e. The monoisotopic (exact) mass is 366 g/mol. The number of nitrogens with zero attached hydrogens (tertiary/aromatic N) is 5. The summed E-state index contributed by atoms with van der Waals surface area (Å²) in [5, 5.41) is 16.2. The average molecular weight is 367 g/mol. The number of benzene rings is 1. The maximum atomic E-state index is 12.2. The SMILES string of the molecule is O=c1c2n[nH]nc2nc2sc(CCc3ccc(Cl)c(Cl)c3)nn12. The van der Waals surface area contributed by atoms with Crippen LogP contribution in [0.3, 0.4) is 0 Å². The number of H-pyrrole nitrogens is 1. The van der Waals surface area contributed by atoms with Crippen LogP contribution in [-0.2, 0) is 12.8 Å². The highest BCUT2D eigenvalue weighted by Crippen LogP contribution is 2.23. The van der Waals surface area contributed by atoms with Crippen LogP contribution in [0.5, 0.6) is 0 Å². The van der Waals surface area contributed by atoms with Crippen LogP contribution in [0.1, 0.15) is 10.6 Å². The Kier molecular flexibility index (Phi) is 3.51. The van der Waals surface area contributed by atoms with Gasteiger partial charge in [-0.05, 0) is 24.1 Å². The van der Waals surface area contributed by atoms with Crippen molar-refractivity contribution in [2.45, 2.75) is 12.8 Å². The quantitative estimate of drug-likeness (QED) is 0.601. The maximum Gasteiger partial charge on any atom is 0.305 e. The molecule has 3 heterocycles. The molecule has 0 saturated carbocycles. The fraction of sp³-hybridized carbons (Fsp3) is 0.154. The molecule has 23 heavy (non-hydrogen) atoms. The van der Waals surface area contributed by atoms with E-state index >= 15 is 0 Å². The molecule has 0 aliphatic rings. The van der Waals surface area contributed by atoms with E-state index in [1.165, 1.54) is 15.9 Å². The third-order valence-electron chi connectivity index (χ3n) is 3.34. The molecule has 0 amide bonds. The topological polar surface area (TPSA) is 88.8 Å². The first-order valence-electron chi connectivity index (χ1n) is 6.65. The van der Waals surface area contributed by atoms with Crippen LogP contribution in [0.4, 0.5) is 0 Å². The third-order valence-corrected chi connectivity index (χ3v) is 5.05. The van der Waals surface area contributed by atoms with Gasteiger partial charge in [-0.3, -0.25) is 4.79 Å². The number of nitrogens with one attached hydrogen (secondary N) is 1. The lowest BCUT2D eigenvalue weighted by Crippen LogP contribution is -2.15.